The van der Waals surface area contributed by atoms with Crippen LogP contribution in [0.2, 0.25) is 0 Å². The molecule has 0 aliphatic carbocycles. The third-order valence-corrected chi connectivity index (χ3v) is 11.7. The molecule has 0 radical (unpaired) electrons. The van der Waals surface area contributed by atoms with E-state index in [0.29, 0.717) is 19.3 Å². The van der Waals surface area contributed by atoms with Gasteiger partial charge < -0.3 is 14.2 Å². The highest BCUT2D eigenvalue weighted by molar-refractivity contribution is 5.71. The molecule has 0 heterocycles. The number of esters is 3. The summed E-state index contributed by atoms with van der Waals surface area (Å²) in [5, 5.41) is 0. The number of hydrogen-bond acceptors (Lipinski definition) is 6. The van der Waals surface area contributed by atoms with Crippen LogP contribution >= 0.6 is 0 Å². The Bertz CT molecular complexity index is 1410. The smallest absolute Gasteiger partial charge is 0.306 e. The fourth-order valence-corrected chi connectivity index (χ4v) is 7.48. The van der Waals surface area contributed by atoms with Crippen molar-refractivity contribution in [3.63, 3.8) is 0 Å². The predicted molar refractivity (Wildman–Crippen MR) is 293 cm³/mol. The summed E-state index contributed by atoms with van der Waals surface area (Å²) in [7, 11) is 0. The van der Waals surface area contributed by atoms with Crippen molar-refractivity contribution in [2.75, 3.05) is 13.2 Å². The fraction of sp³-hybridized carbons (Fsp3) is 0.661. The van der Waals surface area contributed by atoms with Crippen LogP contribution in [-0.4, -0.2) is 37.2 Å². The molecule has 0 saturated heterocycles. The van der Waals surface area contributed by atoms with Gasteiger partial charge in [-0.1, -0.05) is 271 Å². The first-order valence-corrected chi connectivity index (χ1v) is 28.0. The van der Waals surface area contributed by atoms with Gasteiger partial charge in [-0.2, -0.15) is 0 Å². The molecule has 0 spiro atoms. The van der Waals surface area contributed by atoms with E-state index in [0.717, 1.165) is 109 Å². The zero-order chi connectivity index (χ0) is 49.3. The zero-order valence-electron chi connectivity index (χ0n) is 44.1. The van der Waals surface area contributed by atoms with Gasteiger partial charge in [0.2, 0.25) is 0 Å². The number of allylic oxidation sites excluding steroid dienone is 18. The zero-order valence-corrected chi connectivity index (χ0v) is 44.1. The van der Waals surface area contributed by atoms with E-state index in [9.17, 15) is 14.4 Å². The monoisotopic (exact) mass is 943 g/mol. The lowest BCUT2D eigenvalue weighted by atomic mass is 10.0. The maximum Gasteiger partial charge on any atom is 0.306 e. The van der Waals surface area contributed by atoms with Crippen molar-refractivity contribution in [3.8, 4) is 0 Å². The molecule has 0 rings (SSSR count). The molecule has 0 aromatic rings. The lowest BCUT2D eigenvalue weighted by Gasteiger charge is -2.18. The van der Waals surface area contributed by atoms with Gasteiger partial charge in [0.05, 0.1) is 0 Å². The third-order valence-electron chi connectivity index (χ3n) is 11.7. The molecular formula is C62H102O6. The molecule has 6 nitrogen and oxygen atoms in total. The molecule has 1 unspecified atom stereocenters. The first-order valence-electron chi connectivity index (χ1n) is 28.0. The number of ether oxygens (including phenoxy) is 3. The van der Waals surface area contributed by atoms with E-state index >= 15 is 0 Å². The number of carbonyl (C=O) groups is 3. The van der Waals surface area contributed by atoms with Crippen molar-refractivity contribution in [3.05, 3.63) is 109 Å². The fourth-order valence-electron chi connectivity index (χ4n) is 7.48. The topological polar surface area (TPSA) is 78.9 Å². The Balaban J connectivity index is 4.51. The Morgan fingerprint density at radius 3 is 0.912 bits per heavy atom. The lowest BCUT2D eigenvalue weighted by molar-refractivity contribution is -0.167. The van der Waals surface area contributed by atoms with Gasteiger partial charge in [-0.15, -0.1) is 0 Å². The Kier molecular flexibility index (Phi) is 52.4. The van der Waals surface area contributed by atoms with Gasteiger partial charge in [0.15, 0.2) is 6.10 Å². The van der Waals surface area contributed by atoms with Crippen LogP contribution in [0, 0.1) is 0 Å². The Hall–Kier alpha value is -3.93. The van der Waals surface area contributed by atoms with Gasteiger partial charge >= 0.3 is 17.9 Å². The highest BCUT2D eigenvalue weighted by Gasteiger charge is 2.19. The molecule has 68 heavy (non-hydrogen) atoms. The number of hydrogen-bond donors (Lipinski definition) is 0. The number of unbranched alkanes of at least 4 members (excludes halogenated alkanes) is 27. The highest BCUT2D eigenvalue weighted by atomic mass is 16.6. The molecule has 6 heteroatoms. The maximum absolute atomic E-state index is 12.8. The van der Waals surface area contributed by atoms with E-state index in [1.54, 1.807) is 0 Å². The van der Waals surface area contributed by atoms with Crippen LogP contribution in [0.25, 0.3) is 0 Å². The molecule has 0 N–H and O–H groups in total. The molecule has 0 bridgehead atoms. The van der Waals surface area contributed by atoms with Gasteiger partial charge in [-0.3, -0.25) is 14.4 Å². The second-order valence-electron chi connectivity index (χ2n) is 18.4. The molecule has 0 aromatic heterocycles. The SMILES string of the molecule is CCC\C=C/C=C\C=C/C=C\C=C/CCCCCCCC(=O)OCC(COC(=O)CCCCCCCCCCCCCCCC)OC(=O)CCCCCCC\C=C/C=C\C=C/C=C\CCCCC. The summed E-state index contributed by atoms with van der Waals surface area (Å²) in [6, 6.07) is 0. The van der Waals surface area contributed by atoms with Crippen molar-refractivity contribution in [2.24, 2.45) is 0 Å². The van der Waals surface area contributed by atoms with Crippen molar-refractivity contribution in [1.29, 1.82) is 0 Å². The normalized spacial score (nSPS) is 12.9. The molecule has 0 amide bonds. The van der Waals surface area contributed by atoms with Crippen LogP contribution in [0.1, 0.15) is 245 Å². The summed E-state index contributed by atoms with van der Waals surface area (Å²) >= 11 is 0. The lowest BCUT2D eigenvalue weighted by Crippen LogP contribution is -2.30. The van der Waals surface area contributed by atoms with Gasteiger partial charge in [0.1, 0.15) is 13.2 Å². The minimum atomic E-state index is -0.802. The van der Waals surface area contributed by atoms with E-state index in [-0.39, 0.29) is 31.1 Å². The van der Waals surface area contributed by atoms with Gasteiger partial charge in [-0.05, 0) is 64.2 Å². The molecule has 386 valence electrons. The molecule has 0 fully saturated rings. The second kappa shape index (κ2) is 55.7. The molecule has 0 saturated carbocycles. The Morgan fingerprint density at radius 2 is 0.559 bits per heavy atom. The van der Waals surface area contributed by atoms with Crippen LogP contribution in [0.15, 0.2) is 109 Å². The van der Waals surface area contributed by atoms with Crippen LogP contribution in [-0.2, 0) is 28.6 Å². The first kappa shape index (κ1) is 64.1. The molecule has 0 aliphatic heterocycles. The van der Waals surface area contributed by atoms with E-state index in [1.807, 2.05) is 24.3 Å². The van der Waals surface area contributed by atoms with Gasteiger partial charge in [-0.25, -0.2) is 0 Å². The molecule has 0 aromatic carbocycles. The average molecular weight is 943 g/mol. The summed E-state index contributed by atoms with van der Waals surface area (Å²) in [5.74, 6) is -0.944. The van der Waals surface area contributed by atoms with Crippen molar-refractivity contribution in [2.45, 2.75) is 252 Å². The third kappa shape index (κ3) is 53.0. The maximum atomic E-state index is 12.8. The van der Waals surface area contributed by atoms with E-state index < -0.39 is 6.10 Å². The van der Waals surface area contributed by atoms with Gasteiger partial charge in [0, 0.05) is 19.3 Å². The summed E-state index contributed by atoms with van der Waals surface area (Å²) in [6.45, 7) is 6.47. The molecule has 1 atom stereocenters. The van der Waals surface area contributed by atoms with Crippen molar-refractivity contribution < 1.29 is 28.6 Å². The predicted octanol–water partition coefficient (Wildman–Crippen LogP) is 18.7. The summed E-state index contributed by atoms with van der Waals surface area (Å²) in [4.78, 5) is 38.1. The second-order valence-corrected chi connectivity index (χ2v) is 18.4. The standard InChI is InChI=1S/C62H102O6/c1-4-7-10-13-16-19-22-25-28-30-32-34-37-40-43-46-49-52-55-61(64)67-58-59(57-66-60(63)54-51-48-45-42-39-36-27-24-21-18-15-12-9-6-3)68-62(65)56-53-50-47-44-41-38-35-33-31-29-26-23-20-17-14-11-8-5-2/h10,13,16-17,19-20,22-23,25-26,28-35,59H,4-9,11-12,14-15,18,21,24,27,36-58H2,1-3H3/b13-10-,19-16-,20-17-,25-22-,26-23-,30-28-,31-29-,34-32-,35-33-. The number of carbonyl (C=O) groups excluding carboxylic acids is 3. The van der Waals surface area contributed by atoms with Crippen LogP contribution < -0.4 is 0 Å². The van der Waals surface area contributed by atoms with Crippen molar-refractivity contribution >= 4 is 17.9 Å². The highest BCUT2D eigenvalue weighted by Crippen LogP contribution is 2.15. The molecule has 0 aliphatic rings. The minimum absolute atomic E-state index is 0.0963. The van der Waals surface area contributed by atoms with Crippen LogP contribution in [0.5, 0.6) is 0 Å². The van der Waals surface area contributed by atoms with E-state index in [4.69, 9.17) is 14.2 Å². The quantitative estimate of drug-likeness (QED) is 0.0262. The molecular weight excluding hydrogens is 841 g/mol. The van der Waals surface area contributed by atoms with Gasteiger partial charge in [0.25, 0.3) is 0 Å². The van der Waals surface area contributed by atoms with E-state index in [2.05, 4.69) is 106 Å². The Labute approximate surface area is 419 Å². The minimum Gasteiger partial charge on any atom is -0.462 e. The summed E-state index contributed by atoms with van der Waals surface area (Å²) < 4.78 is 16.8. The largest absolute Gasteiger partial charge is 0.462 e. The van der Waals surface area contributed by atoms with Crippen molar-refractivity contribution in [1.82, 2.24) is 0 Å². The summed E-state index contributed by atoms with van der Waals surface area (Å²) in [5.41, 5.74) is 0. The Morgan fingerprint density at radius 1 is 0.294 bits per heavy atom. The summed E-state index contributed by atoms with van der Waals surface area (Å²) in [6.07, 6.45) is 74.9. The first-order chi connectivity index (χ1) is 33.5. The average Bonchev–Trinajstić information content (AvgIpc) is 3.34. The van der Waals surface area contributed by atoms with E-state index in [1.165, 1.54) is 96.3 Å². The van der Waals surface area contributed by atoms with Crippen LogP contribution in [0.4, 0.5) is 0 Å². The number of rotatable bonds is 49. The van der Waals surface area contributed by atoms with Crippen LogP contribution in [0.3, 0.4) is 0 Å².